The number of hydrogen-bond acceptors (Lipinski definition) is 8. The number of carbonyl (C=O) groups is 1. The van der Waals surface area contributed by atoms with Gasteiger partial charge in [-0.3, -0.25) is 10.1 Å². The van der Waals surface area contributed by atoms with Crippen molar-refractivity contribution >= 4 is 17.3 Å². The van der Waals surface area contributed by atoms with E-state index in [1.807, 2.05) is 33.1 Å². The van der Waals surface area contributed by atoms with Gasteiger partial charge in [-0.05, 0) is 41.0 Å². The van der Waals surface area contributed by atoms with Gasteiger partial charge in [-0.25, -0.2) is 4.98 Å². The van der Waals surface area contributed by atoms with E-state index < -0.39 is 11.1 Å². The van der Waals surface area contributed by atoms with Crippen molar-refractivity contribution in [1.29, 1.82) is 0 Å². The number of hydrogen-bond donors (Lipinski definition) is 1. The highest BCUT2D eigenvalue weighted by molar-refractivity contribution is 7.09. The number of ether oxygens (including phenoxy) is 1. The molecular formula is C16H22N4O3S. The lowest BCUT2D eigenvalue weighted by Gasteiger charge is -2.28. The molecular weight excluding hydrogens is 328 g/mol. The second-order valence-corrected chi connectivity index (χ2v) is 8.24. The molecule has 1 fully saturated rings. The van der Waals surface area contributed by atoms with E-state index in [4.69, 9.17) is 9.26 Å². The second kappa shape index (κ2) is 5.93. The average molecular weight is 350 g/mol. The first-order valence-electron chi connectivity index (χ1n) is 7.89. The maximum atomic E-state index is 12.7. The van der Waals surface area contributed by atoms with Gasteiger partial charge in [0.25, 0.3) is 0 Å². The van der Waals surface area contributed by atoms with Crippen LogP contribution in [0.4, 0.5) is 0 Å². The van der Waals surface area contributed by atoms with Crippen LogP contribution in [0.25, 0.3) is 0 Å². The van der Waals surface area contributed by atoms with Crippen LogP contribution in [0.2, 0.25) is 0 Å². The second-order valence-electron chi connectivity index (χ2n) is 7.32. The van der Waals surface area contributed by atoms with Crippen LogP contribution < -0.4 is 5.32 Å². The molecule has 24 heavy (non-hydrogen) atoms. The fraction of sp³-hybridized carbons (Fsp3) is 0.625. The normalized spacial score (nSPS) is 27.4. The number of rotatable bonds is 3. The van der Waals surface area contributed by atoms with Crippen LogP contribution >= 0.6 is 11.3 Å². The smallest absolute Gasteiger partial charge is 0.326 e. The molecule has 130 valence electrons. The third-order valence-electron chi connectivity index (χ3n) is 3.93. The number of aryl methyl sites for hydroxylation is 1. The average Bonchev–Trinajstić information content (AvgIpc) is 3.16. The van der Waals surface area contributed by atoms with Crippen LogP contribution in [0.3, 0.4) is 0 Å². The van der Waals surface area contributed by atoms with Crippen molar-refractivity contribution in [1.82, 2.24) is 20.4 Å². The highest BCUT2D eigenvalue weighted by Gasteiger charge is 2.52. The molecule has 8 heteroatoms. The van der Waals surface area contributed by atoms with E-state index in [0.29, 0.717) is 18.1 Å². The molecule has 3 heterocycles. The van der Waals surface area contributed by atoms with Gasteiger partial charge in [0.15, 0.2) is 5.82 Å². The Hall–Kier alpha value is -1.80. The number of nitrogens with zero attached hydrogens (tertiary/aromatic N) is 3. The van der Waals surface area contributed by atoms with Crippen LogP contribution in [-0.4, -0.2) is 32.2 Å². The molecule has 0 aliphatic carbocycles. The third-order valence-corrected chi connectivity index (χ3v) is 4.79. The summed E-state index contributed by atoms with van der Waals surface area (Å²) in [5, 5.41) is 10.1. The first kappa shape index (κ1) is 17.0. The quantitative estimate of drug-likeness (QED) is 0.851. The molecule has 1 saturated heterocycles. The zero-order valence-corrected chi connectivity index (χ0v) is 15.3. The van der Waals surface area contributed by atoms with Crippen molar-refractivity contribution in [2.45, 2.75) is 64.1 Å². The van der Waals surface area contributed by atoms with Crippen molar-refractivity contribution < 1.29 is 14.1 Å². The van der Waals surface area contributed by atoms with E-state index in [0.717, 1.165) is 5.01 Å². The van der Waals surface area contributed by atoms with E-state index in [1.54, 1.807) is 13.1 Å². The van der Waals surface area contributed by atoms with Crippen molar-refractivity contribution in [3.05, 3.63) is 28.3 Å². The van der Waals surface area contributed by atoms with Gasteiger partial charge in [-0.2, -0.15) is 4.98 Å². The monoisotopic (exact) mass is 350 g/mol. The summed E-state index contributed by atoms with van der Waals surface area (Å²) < 4.78 is 11.0. The topological polar surface area (TPSA) is 90.1 Å². The molecule has 0 unspecified atom stereocenters. The Balaban J connectivity index is 1.91. The standard InChI is InChI=1S/C16H22N4O3S/c1-9-18-12(23-20-9)10-8-16(5,14(21)22-15(2,3)4)19-11(10)13-17-6-7-24-13/h6-7,10-11,19H,8H2,1-5H3/t10-,11+,16-/m0/s1. The minimum atomic E-state index is -0.837. The highest BCUT2D eigenvalue weighted by atomic mass is 32.1. The van der Waals surface area contributed by atoms with Crippen LogP contribution in [0.15, 0.2) is 16.1 Å². The van der Waals surface area contributed by atoms with E-state index >= 15 is 0 Å². The van der Waals surface area contributed by atoms with Gasteiger partial charge < -0.3 is 9.26 Å². The summed E-state index contributed by atoms with van der Waals surface area (Å²) in [6.07, 6.45) is 2.26. The highest BCUT2D eigenvalue weighted by Crippen LogP contribution is 2.45. The summed E-state index contributed by atoms with van der Waals surface area (Å²) in [5.41, 5.74) is -1.38. The maximum absolute atomic E-state index is 12.7. The third kappa shape index (κ3) is 3.34. The lowest BCUT2D eigenvalue weighted by atomic mass is 9.92. The zero-order valence-electron chi connectivity index (χ0n) is 14.5. The largest absolute Gasteiger partial charge is 0.459 e. The molecule has 0 amide bonds. The Labute approximate surface area is 144 Å². The van der Waals surface area contributed by atoms with E-state index in [1.165, 1.54) is 11.3 Å². The van der Waals surface area contributed by atoms with Crippen molar-refractivity contribution in [3.8, 4) is 0 Å². The van der Waals surface area contributed by atoms with E-state index in [9.17, 15) is 4.79 Å². The number of esters is 1. The Kier molecular flexibility index (Phi) is 4.21. The minimum absolute atomic E-state index is 0.130. The van der Waals surface area contributed by atoms with E-state index in [2.05, 4.69) is 20.4 Å². The predicted octanol–water partition coefficient (Wildman–Crippen LogP) is 2.75. The molecule has 0 bridgehead atoms. The van der Waals surface area contributed by atoms with Gasteiger partial charge in [-0.15, -0.1) is 11.3 Å². The lowest BCUT2D eigenvalue weighted by molar-refractivity contribution is -0.162. The minimum Gasteiger partial charge on any atom is -0.459 e. The van der Waals surface area contributed by atoms with Gasteiger partial charge in [0, 0.05) is 11.6 Å². The molecule has 1 aliphatic heterocycles. The van der Waals surface area contributed by atoms with Crippen molar-refractivity contribution in [2.24, 2.45) is 0 Å². The number of carbonyl (C=O) groups excluding carboxylic acids is 1. The molecule has 1 aliphatic rings. The zero-order chi connectivity index (χ0) is 17.5. The van der Waals surface area contributed by atoms with Crippen LogP contribution in [0.1, 0.15) is 62.8 Å². The fourth-order valence-corrected chi connectivity index (χ4v) is 3.66. The first-order chi connectivity index (χ1) is 11.2. The molecule has 2 aromatic rings. The van der Waals surface area contributed by atoms with Gasteiger partial charge in [0.05, 0.1) is 12.0 Å². The molecule has 0 spiro atoms. The lowest BCUT2D eigenvalue weighted by Crippen LogP contribution is -2.48. The van der Waals surface area contributed by atoms with Gasteiger partial charge in [0.2, 0.25) is 5.89 Å². The molecule has 0 saturated carbocycles. The summed E-state index contributed by atoms with van der Waals surface area (Å²) in [5.74, 6) is 0.686. The van der Waals surface area contributed by atoms with E-state index in [-0.39, 0.29) is 17.9 Å². The van der Waals surface area contributed by atoms with Gasteiger partial charge in [0.1, 0.15) is 16.1 Å². The molecule has 0 radical (unpaired) electrons. The van der Waals surface area contributed by atoms with Crippen LogP contribution in [0.5, 0.6) is 0 Å². The van der Waals surface area contributed by atoms with Crippen LogP contribution in [0, 0.1) is 6.92 Å². The number of nitrogens with one attached hydrogen (secondary N) is 1. The Morgan fingerprint density at radius 2 is 2.25 bits per heavy atom. The molecule has 3 atom stereocenters. The summed E-state index contributed by atoms with van der Waals surface area (Å²) >= 11 is 1.54. The summed E-state index contributed by atoms with van der Waals surface area (Å²) in [6.45, 7) is 9.22. The Morgan fingerprint density at radius 3 is 2.79 bits per heavy atom. The molecule has 0 aromatic carbocycles. The molecule has 3 rings (SSSR count). The molecule has 1 N–H and O–H groups in total. The Bertz CT molecular complexity index is 722. The summed E-state index contributed by atoms with van der Waals surface area (Å²) in [7, 11) is 0. The fourth-order valence-electron chi connectivity index (χ4n) is 2.91. The van der Waals surface area contributed by atoms with Gasteiger partial charge >= 0.3 is 5.97 Å². The van der Waals surface area contributed by atoms with Crippen molar-refractivity contribution in [3.63, 3.8) is 0 Å². The summed E-state index contributed by atoms with van der Waals surface area (Å²) in [6, 6.07) is -0.164. The number of thiazole rings is 1. The SMILES string of the molecule is Cc1noc([C@H]2C[C@@](C)(C(=O)OC(C)(C)C)N[C@H]2c2nccs2)n1. The molecule has 7 nitrogen and oxygen atoms in total. The Morgan fingerprint density at radius 1 is 1.50 bits per heavy atom. The predicted molar refractivity (Wildman–Crippen MR) is 88.6 cm³/mol. The first-order valence-corrected chi connectivity index (χ1v) is 8.77. The van der Waals surface area contributed by atoms with Crippen LogP contribution in [-0.2, 0) is 9.53 Å². The summed E-state index contributed by atoms with van der Waals surface area (Å²) in [4.78, 5) is 21.5. The molecule has 2 aromatic heterocycles. The number of aromatic nitrogens is 3. The van der Waals surface area contributed by atoms with Crippen molar-refractivity contribution in [2.75, 3.05) is 0 Å². The van der Waals surface area contributed by atoms with Gasteiger partial charge in [-0.1, -0.05) is 5.16 Å². The maximum Gasteiger partial charge on any atom is 0.326 e.